The molecule has 1 aromatic carbocycles. The smallest absolute Gasteiger partial charge is 0.459 e. The zero-order valence-corrected chi connectivity index (χ0v) is 22.3. The molecule has 0 aliphatic carbocycles. The number of ketones is 1. The van der Waals surface area contributed by atoms with Gasteiger partial charge in [-0.1, -0.05) is 18.2 Å². The van der Waals surface area contributed by atoms with Crippen LogP contribution in [0.25, 0.3) is 0 Å². The molecule has 1 amide bonds. The number of hydrogen-bond acceptors (Lipinski definition) is 10. The molecule has 2 aliphatic heterocycles. The number of nitrogens with one attached hydrogen (secondary N) is 1. The van der Waals surface area contributed by atoms with Crippen LogP contribution in [0.3, 0.4) is 0 Å². The standard InChI is InChI=1S/C24H33N2O10P/c1-15(2)34-22(29)16(3)25-37(31,36-18-9-7-6-8-10-18)33-14-19-21(32-5)24(4,30)23(35-19)26-12-11-17(27)13-20(26)28/h6-12,15-16,19,21,23,30H,13-14H2,1-5H3,(H,25,31)/t16-,19+,21+,23+,24-,37-/m0/s1. The number of hydrogen-bond donors (Lipinski definition) is 2. The van der Waals surface area contributed by atoms with Crippen molar-refractivity contribution in [1.82, 2.24) is 9.99 Å². The van der Waals surface area contributed by atoms with Gasteiger partial charge in [-0.25, -0.2) is 4.57 Å². The van der Waals surface area contributed by atoms with Crippen LogP contribution in [0.2, 0.25) is 0 Å². The molecule has 2 N–H and O–H groups in total. The van der Waals surface area contributed by atoms with Crippen LogP contribution < -0.4 is 9.61 Å². The van der Waals surface area contributed by atoms with E-state index in [2.05, 4.69) is 5.09 Å². The van der Waals surface area contributed by atoms with E-state index < -0.39 is 56.3 Å². The van der Waals surface area contributed by atoms with Gasteiger partial charge in [0.25, 0.3) is 0 Å². The number of amides is 1. The highest BCUT2D eigenvalue weighted by Gasteiger charge is 2.57. The van der Waals surface area contributed by atoms with E-state index in [0.29, 0.717) is 0 Å². The zero-order chi connectivity index (χ0) is 27.4. The normalized spacial score (nSPS) is 28.3. The summed E-state index contributed by atoms with van der Waals surface area (Å²) in [6, 6.07) is 7.17. The summed E-state index contributed by atoms with van der Waals surface area (Å²) in [5.74, 6) is -1.35. The summed E-state index contributed by atoms with van der Waals surface area (Å²) in [6.45, 7) is 5.84. The molecule has 1 aromatic rings. The molecule has 0 unspecified atom stereocenters. The monoisotopic (exact) mass is 540 g/mol. The summed E-state index contributed by atoms with van der Waals surface area (Å²) >= 11 is 0. The average molecular weight is 541 g/mol. The van der Waals surface area contributed by atoms with Crippen LogP contribution in [0.4, 0.5) is 0 Å². The molecule has 13 heteroatoms. The first-order valence-electron chi connectivity index (χ1n) is 11.8. The van der Waals surface area contributed by atoms with Gasteiger partial charge >= 0.3 is 13.7 Å². The molecule has 1 saturated heterocycles. The van der Waals surface area contributed by atoms with Crippen molar-refractivity contribution >= 4 is 25.4 Å². The number of rotatable bonds is 11. The van der Waals surface area contributed by atoms with Crippen molar-refractivity contribution < 1.29 is 47.3 Å². The Hall–Kier alpha value is -2.60. The topological polar surface area (TPSA) is 150 Å². The van der Waals surface area contributed by atoms with Gasteiger partial charge in [0.05, 0.1) is 19.1 Å². The van der Waals surface area contributed by atoms with Crippen molar-refractivity contribution in [3.05, 3.63) is 42.6 Å². The molecule has 204 valence electrons. The molecule has 2 heterocycles. The van der Waals surface area contributed by atoms with Crippen LogP contribution in [0, 0.1) is 0 Å². The molecule has 6 atom stereocenters. The third kappa shape index (κ3) is 7.04. The predicted molar refractivity (Wildman–Crippen MR) is 130 cm³/mol. The Morgan fingerprint density at radius 2 is 1.95 bits per heavy atom. The fourth-order valence-corrected chi connectivity index (χ4v) is 5.52. The first-order chi connectivity index (χ1) is 17.4. The van der Waals surface area contributed by atoms with Gasteiger partial charge in [0.2, 0.25) is 5.91 Å². The van der Waals surface area contributed by atoms with Crippen LogP contribution in [-0.4, -0.2) is 77.6 Å². The van der Waals surface area contributed by atoms with E-state index in [1.165, 1.54) is 33.2 Å². The van der Waals surface area contributed by atoms with Gasteiger partial charge in [0.15, 0.2) is 12.0 Å². The maximum atomic E-state index is 13.7. The molecule has 3 rings (SSSR count). The van der Waals surface area contributed by atoms with Crippen molar-refractivity contribution in [2.24, 2.45) is 0 Å². The summed E-state index contributed by atoms with van der Waals surface area (Å²) in [5.41, 5.74) is -1.71. The lowest BCUT2D eigenvalue weighted by Gasteiger charge is -2.35. The zero-order valence-electron chi connectivity index (χ0n) is 21.4. The van der Waals surface area contributed by atoms with Gasteiger partial charge in [-0.3, -0.25) is 23.8 Å². The highest BCUT2D eigenvalue weighted by molar-refractivity contribution is 7.52. The average Bonchev–Trinajstić information content (AvgIpc) is 3.07. The fraction of sp³-hybridized carbons (Fsp3) is 0.542. The maximum Gasteiger partial charge on any atom is 0.459 e. The minimum absolute atomic E-state index is 0.219. The minimum atomic E-state index is -4.21. The Labute approximate surface area is 215 Å². The summed E-state index contributed by atoms with van der Waals surface area (Å²) < 4.78 is 41.6. The molecule has 0 radical (unpaired) electrons. The second kappa shape index (κ2) is 11.8. The molecule has 1 fully saturated rings. The third-order valence-electron chi connectivity index (χ3n) is 5.69. The minimum Gasteiger partial charge on any atom is -0.462 e. The summed E-state index contributed by atoms with van der Waals surface area (Å²) in [7, 11) is -2.86. The number of allylic oxidation sites excluding steroid dienone is 1. The first kappa shape index (κ1) is 29.0. The van der Waals surface area contributed by atoms with Crippen molar-refractivity contribution in [3.63, 3.8) is 0 Å². The number of aliphatic hydroxyl groups is 1. The van der Waals surface area contributed by atoms with Crippen LogP contribution in [-0.2, 0) is 37.7 Å². The molecular formula is C24H33N2O10P. The number of carbonyl (C=O) groups is 3. The first-order valence-corrected chi connectivity index (χ1v) is 13.3. The van der Waals surface area contributed by atoms with Crippen LogP contribution >= 0.6 is 7.75 Å². The van der Waals surface area contributed by atoms with Gasteiger partial charge < -0.3 is 23.8 Å². The number of carbonyl (C=O) groups excluding carboxylic acids is 3. The summed E-state index contributed by atoms with van der Waals surface area (Å²) in [6.07, 6.45) is -1.50. The van der Waals surface area contributed by atoms with Crippen LogP contribution in [0.15, 0.2) is 42.6 Å². The highest BCUT2D eigenvalue weighted by atomic mass is 31.2. The van der Waals surface area contributed by atoms with E-state index in [9.17, 15) is 24.1 Å². The van der Waals surface area contributed by atoms with E-state index in [1.54, 1.807) is 44.2 Å². The van der Waals surface area contributed by atoms with E-state index in [1.807, 2.05) is 0 Å². The number of nitrogens with zero attached hydrogens (tertiary/aromatic N) is 1. The van der Waals surface area contributed by atoms with Crippen molar-refractivity contribution in [1.29, 1.82) is 0 Å². The predicted octanol–water partition coefficient (Wildman–Crippen LogP) is 1.93. The molecule has 2 aliphatic rings. The number of benzene rings is 1. The summed E-state index contributed by atoms with van der Waals surface area (Å²) in [4.78, 5) is 37.5. The third-order valence-corrected chi connectivity index (χ3v) is 7.34. The second-order valence-electron chi connectivity index (χ2n) is 9.20. The molecule has 37 heavy (non-hydrogen) atoms. The van der Waals surface area contributed by atoms with Crippen LogP contribution in [0.5, 0.6) is 5.75 Å². The van der Waals surface area contributed by atoms with E-state index in [-0.39, 0.29) is 24.1 Å². The fourth-order valence-electron chi connectivity index (χ4n) is 4.02. The second-order valence-corrected chi connectivity index (χ2v) is 10.9. The molecule has 12 nitrogen and oxygen atoms in total. The Kier molecular flexibility index (Phi) is 9.27. The molecule has 0 saturated carbocycles. The lowest BCUT2D eigenvalue weighted by molar-refractivity contribution is -0.158. The molecular weight excluding hydrogens is 507 g/mol. The van der Waals surface area contributed by atoms with Gasteiger partial charge in [0, 0.05) is 13.3 Å². The number of para-hydroxylation sites is 1. The maximum absolute atomic E-state index is 13.7. The van der Waals surface area contributed by atoms with E-state index in [0.717, 1.165) is 4.90 Å². The Morgan fingerprint density at radius 3 is 2.54 bits per heavy atom. The van der Waals surface area contributed by atoms with E-state index >= 15 is 0 Å². The van der Waals surface area contributed by atoms with E-state index in [4.69, 9.17) is 23.3 Å². The number of ether oxygens (including phenoxy) is 3. The van der Waals surface area contributed by atoms with Crippen LogP contribution in [0.1, 0.15) is 34.1 Å². The van der Waals surface area contributed by atoms with Crippen molar-refractivity contribution in [3.8, 4) is 5.75 Å². The molecule has 0 bridgehead atoms. The number of methoxy groups -OCH3 is 1. The number of esters is 1. The largest absolute Gasteiger partial charge is 0.462 e. The Balaban J connectivity index is 1.79. The van der Waals surface area contributed by atoms with Crippen molar-refractivity contribution in [2.75, 3.05) is 13.7 Å². The van der Waals surface area contributed by atoms with Crippen molar-refractivity contribution in [2.45, 2.75) is 70.3 Å². The highest BCUT2D eigenvalue weighted by Crippen LogP contribution is 2.46. The quantitative estimate of drug-likeness (QED) is 0.241. The van der Waals surface area contributed by atoms with Gasteiger partial charge in [-0.05, 0) is 45.9 Å². The SMILES string of the molecule is CO[C@@H]1[C@@H](CO[P@@](=O)(N[C@@H](C)C(=O)OC(C)C)Oc2ccccc2)O[C@@H](N2C=CC(=O)CC2=O)[C@@]1(C)O. The van der Waals surface area contributed by atoms with Gasteiger partial charge in [-0.2, -0.15) is 5.09 Å². The van der Waals surface area contributed by atoms with Gasteiger partial charge in [0.1, 0.15) is 29.6 Å². The summed E-state index contributed by atoms with van der Waals surface area (Å²) in [5, 5.41) is 13.8. The van der Waals surface area contributed by atoms with Gasteiger partial charge in [-0.15, -0.1) is 0 Å². The molecule has 0 spiro atoms. The Bertz CT molecular complexity index is 1060. The Morgan fingerprint density at radius 1 is 1.27 bits per heavy atom. The lowest BCUT2D eigenvalue weighted by atomic mass is 9.95. The molecule has 0 aromatic heterocycles. The lowest BCUT2D eigenvalue weighted by Crippen LogP contribution is -2.54.